The molecule has 0 amide bonds. The van der Waals surface area contributed by atoms with Gasteiger partial charge in [0, 0.05) is 45.2 Å². The highest BCUT2D eigenvalue weighted by atomic mass is 16.5. The molecule has 4 heteroatoms. The third kappa shape index (κ3) is 3.14. The molecule has 1 fully saturated rings. The van der Waals surface area contributed by atoms with E-state index < -0.39 is 0 Å². The average molecular weight is 275 g/mol. The number of para-hydroxylation sites is 1. The number of likely N-dealkylation sites (N-methyl/N-ethyl adjacent to an activating group) is 2. The van der Waals surface area contributed by atoms with E-state index in [4.69, 9.17) is 4.74 Å². The zero-order valence-corrected chi connectivity index (χ0v) is 12.5. The van der Waals surface area contributed by atoms with E-state index in [-0.39, 0.29) is 0 Å². The summed E-state index contributed by atoms with van der Waals surface area (Å²) in [5.41, 5.74) is 1.34. The van der Waals surface area contributed by atoms with Gasteiger partial charge < -0.3 is 15.0 Å². The van der Waals surface area contributed by atoms with Gasteiger partial charge in [0.15, 0.2) is 0 Å². The fourth-order valence-corrected chi connectivity index (χ4v) is 3.10. The van der Waals surface area contributed by atoms with Crippen molar-refractivity contribution in [2.45, 2.75) is 18.6 Å². The van der Waals surface area contributed by atoms with Crippen molar-refractivity contribution in [3.63, 3.8) is 0 Å². The molecule has 1 aromatic rings. The lowest BCUT2D eigenvalue weighted by molar-refractivity contribution is 0.111. The lowest BCUT2D eigenvalue weighted by Crippen LogP contribution is -2.54. The maximum absolute atomic E-state index is 5.96. The van der Waals surface area contributed by atoms with E-state index in [2.05, 4.69) is 47.4 Å². The fourth-order valence-electron chi connectivity index (χ4n) is 3.10. The van der Waals surface area contributed by atoms with Crippen LogP contribution in [0.15, 0.2) is 24.3 Å². The standard InChI is InChI=1S/C16H25N3O/c1-18-7-8-19(2)14(12-18)10-17-11-15-9-13-5-3-4-6-16(13)20-15/h3-6,14-15,17H,7-12H2,1-2H3. The van der Waals surface area contributed by atoms with Gasteiger partial charge in [-0.25, -0.2) is 0 Å². The molecule has 20 heavy (non-hydrogen) atoms. The Kier molecular flexibility index (Phi) is 4.24. The van der Waals surface area contributed by atoms with Crippen LogP contribution in [0.1, 0.15) is 5.56 Å². The number of nitrogens with one attached hydrogen (secondary N) is 1. The smallest absolute Gasteiger partial charge is 0.123 e. The van der Waals surface area contributed by atoms with Crippen LogP contribution in [0.25, 0.3) is 0 Å². The predicted octanol–water partition coefficient (Wildman–Crippen LogP) is 0.826. The highest BCUT2D eigenvalue weighted by Crippen LogP contribution is 2.27. The predicted molar refractivity (Wildman–Crippen MR) is 81.3 cm³/mol. The quantitative estimate of drug-likeness (QED) is 0.881. The van der Waals surface area contributed by atoms with Crippen LogP contribution in [-0.4, -0.2) is 68.8 Å². The molecule has 3 rings (SSSR count). The number of piperazine rings is 1. The topological polar surface area (TPSA) is 27.7 Å². The van der Waals surface area contributed by atoms with Crippen molar-refractivity contribution in [3.8, 4) is 5.75 Å². The van der Waals surface area contributed by atoms with Crippen molar-refractivity contribution < 1.29 is 4.74 Å². The van der Waals surface area contributed by atoms with E-state index in [9.17, 15) is 0 Å². The minimum atomic E-state index is 0.291. The Morgan fingerprint density at radius 1 is 1.20 bits per heavy atom. The highest BCUT2D eigenvalue weighted by molar-refractivity contribution is 5.37. The average Bonchev–Trinajstić information content (AvgIpc) is 2.85. The first-order valence-corrected chi connectivity index (χ1v) is 7.56. The van der Waals surface area contributed by atoms with Crippen LogP contribution in [0.3, 0.4) is 0 Å². The van der Waals surface area contributed by atoms with Gasteiger partial charge in [0.25, 0.3) is 0 Å². The fraction of sp³-hybridized carbons (Fsp3) is 0.625. The largest absolute Gasteiger partial charge is 0.488 e. The van der Waals surface area contributed by atoms with Crippen molar-refractivity contribution in [1.82, 2.24) is 15.1 Å². The summed E-state index contributed by atoms with van der Waals surface area (Å²) in [5, 5.41) is 3.59. The molecule has 0 aliphatic carbocycles. The SMILES string of the molecule is CN1CCN(C)C(CNCC2Cc3ccccc3O2)C1. The minimum Gasteiger partial charge on any atom is -0.488 e. The molecule has 0 bridgehead atoms. The summed E-state index contributed by atoms with van der Waals surface area (Å²) in [6, 6.07) is 8.97. The molecule has 0 spiro atoms. The summed E-state index contributed by atoms with van der Waals surface area (Å²) < 4.78 is 5.96. The summed E-state index contributed by atoms with van der Waals surface area (Å²) in [5.74, 6) is 1.06. The zero-order chi connectivity index (χ0) is 13.9. The zero-order valence-electron chi connectivity index (χ0n) is 12.5. The number of hydrogen-bond donors (Lipinski definition) is 1. The van der Waals surface area contributed by atoms with Crippen LogP contribution in [0.4, 0.5) is 0 Å². The van der Waals surface area contributed by atoms with Crippen LogP contribution in [0.5, 0.6) is 5.75 Å². The Balaban J connectivity index is 1.43. The lowest BCUT2D eigenvalue weighted by Gasteiger charge is -2.38. The molecule has 0 aromatic heterocycles. The molecular formula is C16H25N3O. The summed E-state index contributed by atoms with van der Waals surface area (Å²) in [6.45, 7) is 5.46. The van der Waals surface area contributed by atoms with Gasteiger partial charge in [-0.1, -0.05) is 18.2 Å². The first-order valence-electron chi connectivity index (χ1n) is 7.56. The van der Waals surface area contributed by atoms with Crippen LogP contribution in [0, 0.1) is 0 Å². The van der Waals surface area contributed by atoms with Gasteiger partial charge in [-0.2, -0.15) is 0 Å². The molecule has 4 nitrogen and oxygen atoms in total. The Morgan fingerprint density at radius 3 is 2.90 bits per heavy atom. The number of fused-ring (bicyclic) bond motifs is 1. The van der Waals surface area contributed by atoms with Gasteiger partial charge in [-0.15, -0.1) is 0 Å². The Morgan fingerprint density at radius 2 is 2.05 bits per heavy atom. The van der Waals surface area contributed by atoms with Crippen LogP contribution in [-0.2, 0) is 6.42 Å². The van der Waals surface area contributed by atoms with E-state index >= 15 is 0 Å². The van der Waals surface area contributed by atoms with Crippen LogP contribution < -0.4 is 10.1 Å². The van der Waals surface area contributed by atoms with Gasteiger partial charge >= 0.3 is 0 Å². The maximum Gasteiger partial charge on any atom is 0.123 e. The van der Waals surface area contributed by atoms with Crippen LogP contribution >= 0.6 is 0 Å². The van der Waals surface area contributed by atoms with Crippen molar-refractivity contribution in [3.05, 3.63) is 29.8 Å². The van der Waals surface area contributed by atoms with Crippen molar-refractivity contribution in [1.29, 1.82) is 0 Å². The van der Waals surface area contributed by atoms with E-state index in [1.807, 2.05) is 6.07 Å². The van der Waals surface area contributed by atoms with E-state index in [0.717, 1.165) is 38.3 Å². The second kappa shape index (κ2) is 6.12. The normalized spacial score (nSPS) is 27.3. The molecule has 2 aliphatic heterocycles. The van der Waals surface area contributed by atoms with Crippen molar-refractivity contribution >= 4 is 0 Å². The van der Waals surface area contributed by atoms with Gasteiger partial charge in [0.05, 0.1) is 0 Å². The summed E-state index contributed by atoms with van der Waals surface area (Å²) in [4.78, 5) is 4.87. The molecule has 2 aliphatic rings. The number of benzene rings is 1. The Labute approximate surface area is 121 Å². The molecule has 1 N–H and O–H groups in total. The first-order chi connectivity index (χ1) is 9.72. The Hall–Kier alpha value is -1.10. The lowest BCUT2D eigenvalue weighted by atomic mass is 10.1. The third-order valence-electron chi connectivity index (χ3n) is 4.45. The highest BCUT2D eigenvalue weighted by Gasteiger charge is 2.24. The number of hydrogen-bond acceptors (Lipinski definition) is 4. The maximum atomic E-state index is 5.96. The molecule has 1 saturated heterocycles. The van der Waals surface area contributed by atoms with E-state index in [0.29, 0.717) is 12.1 Å². The monoisotopic (exact) mass is 275 g/mol. The molecule has 2 heterocycles. The summed E-state index contributed by atoms with van der Waals surface area (Å²) in [6.07, 6.45) is 1.32. The molecular weight excluding hydrogens is 250 g/mol. The van der Waals surface area contributed by atoms with Crippen molar-refractivity contribution in [2.24, 2.45) is 0 Å². The van der Waals surface area contributed by atoms with Gasteiger partial charge in [-0.05, 0) is 25.7 Å². The van der Waals surface area contributed by atoms with Gasteiger partial charge in [0.2, 0.25) is 0 Å². The first kappa shape index (κ1) is 13.9. The number of ether oxygens (including phenoxy) is 1. The van der Waals surface area contributed by atoms with Gasteiger partial charge in [-0.3, -0.25) is 4.90 Å². The third-order valence-corrected chi connectivity index (χ3v) is 4.45. The second-order valence-electron chi connectivity index (χ2n) is 6.11. The molecule has 1 aromatic carbocycles. The van der Waals surface area contributed by atoms with E-state index in [1.54, 1.807) is 0 Å². The minimum absolute atomic E-state index is 0.291. The number of nitrogens with zero attached hydrogens (tertiary/aromatic N) is 2. The van der Waals surface area contributed by atoms with Crippen LogP contribution in [0.2, 0.25) is 0 Å². The van der Waals surface area contributed by atoms with Crippen molar-refractivity contribution in [2.75, 3.05) is 46.8 Å². The molecule has 0 radical (unpaired) electrons. The van der Waals surface area contributed by atoms with E-state index in [1.165, 1.54) is 12.1 Å². The number of rotatable bonds is 4. The summed E-state index contributed by atoms with van der Waals surface area (Å²) in [7, 11) is 4.43. The van der Waals surface area contributed by atoms with Gasteiger partial charge in [0.1, 0.15) is 11.9 Å². The molecule has 0 saturated carbocycles. The molecule has 2 atom stereocenters. The summed E-state index contributed by atoms with van der Waals surface area (Å²) >= 11 is 0. The second-order valence-corrected chi connectivity index (χ2v) is 6.11. The Bertz CT molecular complexity index is 426. The molecule has 2 unspecified atom stereocenters. The molecule has 110 valence electrons.